The van der Waals surface area contributed by atoms with Crippen LogP contribution in [-0.4, -0.2) is 17.9 Å². The van der Waals surface area contributed by atoms with Crippen molar-refractivity contribution in [2.75, 3.05) is 11.9 Å². The molecule has 0 aromatic heterocycles. The third-order valence-electron chi connectivity index (χ3n) is 1.12. The van der Waals surface area contributed by atoms with Crippen molar-refractivity contribution in [3.8, 4) is 0 Å². The Hall–Kier alpha value is -0.310. The van der Waals surface area contributed by atoms with Gasteiger partial charge in [0.25, 0.3) is 0 Å². The minimum absolute atomic E-state index is 0.272. The molecule has 0 bridgehead atoms. The molecule has 0 radical (unpaired) electrons. The summed E-state index contributed by atoms with van der Waals surface area (Å²) in [6.45, 7) is 6.04. The van der Waals surface area contributed by atoms with Gasteiger partial charge in [-0.3, -0.25) is 0 Å². The molecule has 11 heavy (non-hydrogen) atoms. The SMILES string of the molecule is C=C(CCBr)C(=O)OCCC. The van der Waals surface area contributed by atoms with E-state index in [-0.39, 0.29) is 5.97 Å². The van der Waals surface area contributed by atoms with Gasteiger partial charge in [-0.2, -0.15) is 0 Å². The van der Waals surface area contributed by atoms with Crippen LogP contribution in [0.15, 0.2) is 12.2 Å². The van der Waals surface area contributed by atoms with Crippen molar-refractivity contribution in [1.29, 1.82) is 0 Å². The fraction of sp³-hybridized carbons (Fsp3) is 0.625. The average molecular weight is 221 g/mol. The lowest BCUT2D eigenvalue weighted by molar-refractivity contribution is -0.139. The van der Waals surface area contributed by atoms with Crippen molar-refractivity contribution >= 4 is 21.9 Å². The molecule has 0 aliphatic carbocycles. The van der Waals surface area contributed by atoms with Gasteiger partial charge in [0.2, 0.25) is 0 Å². The van der Waals surface area contributed by atoms with Crippen LogP contribution >= 0.6 is 15.9 Å². The summed E-state index contributed by atoms with van der Waals surface area (Å²) < 4.78 is 4.85. The lowest BCUT2D eigenvalue weighted by atomic mass is 10.2. The summed E-state index contributed by atoms with van der Waals surface area (Å²) in [7, 11) is 0. The second-order valence-corrected chi connectivity index (χ2v) is 2.97. The first-order chi connectivity index (χ1) is 5.22. The summed E-state index contributed by atoms with van der Waals surface area (Å²) in [6.07, 6.45) is 1.51. The van der Waals surface area contributed by atoms with Gasteiger partial charge in [-0.25, -0.2) is 4.79 Å². The Morgan fingerprint density at radius 1 is 1.64 bits per heavy atom. The largest absolute Gasteiger partial charge is 0.462 e. The van der Waals surface area contributed by atoms with E-state index in [1.54, 1.807) is 0 Å². The van der Waals surface area contributed by atoms with Crippen molar-refractivity contribution in [2.45, 2.75) is 19.8 Å². The lowest BCUT2D eigenvalue weighted by Gasteiger charge is -2.03. The highest BCUT2D eigenvalue weighted by Gasteiger charge is 2.05. The maximum Gasteiger partial charge on any atom is 0.333 e. The Morgan fingerprint density at radius 3 is 2.73 bits per heavy atom. The molecular formula is C8H13BrO2. The van der Waals surface area contributed by atoms with Gasteiger partial charge in [0.05, 0.1) is 6.61 Å². The number of ether oxygens (including phenoxy) is 1. The molecule has 0 aliphatic rings. The highest BCUT2D eigenvalue weighted by Crippen LogP contribution is 2.03. The van der Waals surface area contributed by atoms with E-state index in [0.29, 0.717) is 18.6 Å². The van der Waals surface area contributed by atoms with Gasteiger partial charge in [-0.15, -0.1) is 0 Å². The molecule has 0 fully saturated rings. The quantitative estimate of drug-likeness (QED) is 0.404. The molecule has 64 valence electrons. The van der Waals surface area contributed by atoms with Crippen molar-refractivity contribution in [3.63, 3.8) is 0 Å². The van der Waals surface area contributed by atoms with Crippen molar-refractivity contribution in [3.05, 3.63) is 12.2 Å². The van der Waals surface area contributed by atoms with E-state index in [2.05, 4.69) is 22.5 Å². The average Bonchev–Trinajstić information content (AvgIpc) is 2.00. The molecule has 0 aliphatic heterocycles. The van der Waals surface area contributed by atoms with Gasteiger partial charge in [0, 0.05) is 10.9 Å². The van der Waals surface area contributed by atoms with Gasteiger partial charge in [-0.05, 0) is 12.8 Å². The predicted molar refractivity (Wildman–Crippen MR) is 48.8 cm³/mol. The fourth-order valence-electron chi connectivity index (χ4n) is 0.513. The maximum absolute atomic E-state index is 10.9. The number of esters is 1. The third kappa shape index (κ3) is 5.01. The highest BCUT2D eigenvalue weighted by atomic mass is 79.9. The zero-order chi connectivity index (χ0) is 8.69. The van der Waals surface area contributed by atoms with Crippen LogP contribution in [0, 0.1) is 0 Å². The molecular weight excluding hydrogens is 208 g/mol. The Balaban J connectivity index is 3.56. The number of hydrogen-bond acceptors (Lipinski definition) is 2. The first-order valence-electron chi connectivity index (χ1n) is 3.63. The van der Waals surface area contributed by atoms with E-state index in [4.69, 9.17) is 4.74 Å². The van der Waals surface area contributed by atoms with Gasteiger partial charge >= 0.3 is 5.97 Å². The van der Waals surface area contributed by atoms with Gasteiger partial charge in [0.15, 0.2) is 0 Å². The van der Waals surface area contributed by atoms with Crippen LogP contribution in [0.1, 0.15) is 19.8 Å². The van der Waals surface area contributed by atoms with Gasteiger partial charge < -0.3 is 4.74 Å². The predicted octanol–water partition coefficient (Wildman–Crippen LogP) is 2.28. The normalized spacial score (nSPS) is 9.27. The number of rotatable bonds is 5. The Bertz CT molecular complexity index is 143. The molecule has 0 atom stereocenters. The first kappa shape index (κ1) is 10.7. The molecule has 0 N–H and O–H groups in total. The molecule has 0 aromatic carbocycles. The highest BCUT2D eigenvalue weighted by molar-refractivity contribution is 9.09. The summed E-state index contributed by atoms with van der Waals surface area (Å²) in [5.41, 5.74) is 0.537. The molecule has 0 saturated carbocycles. The number of carbonyl (C=O) groups is 1. The Labute approximate surface area is 75.7 Å². The van der Waals surface area contributed by atoms with E-state index in [0.717, 1.165) is 11.8 Å². The van der Waals surface area contributed by atoms with E-state index in [1.165, 1.54) is 0 Å². The lowest BCUT2D eigenvalue weighted by Crippen LogP contribution is -2.07. The van der Waals surface area contributed by atoms with Crippen molar-refractivity contribution < 1.29 is 9.53 Å². The molecule has 0 unspecified atom stereocenters. The summed E-state index contributed by atoms with van der Waals surface area (Å²) in [5.74, 6) is -0.272. The van der Waals surface area contributed by atoms with E-state index < -0.39 is 0 Å². The van der Waals surface area contributed by atoms with Crippen LogP contribution in [0.4, 0.5) is 0 Å². The number of carbonyl (C=O) groups excluding carboxylic acids is 1. The number of alkyl halides is 1. The zero-order valence-corrected chi connectivity index (χ0v) is 8.32. The summed E-state index contributed by atoms with van der Waals surface area (Å²) in [4.78, 5) is 10.9. The standard InChI is InChI=1S/C8H13BrO2/c1-3-6-11-8(10)7(2)4-5-9/h2-6H2,1H3. The summed E-state index contributed by atoms with van der Waals surface area (Å²) in [5, 5.41) is 0.757. The second-order valence-electron chi connectivity index (χ2n) is 2.18. The molecule has 0 amide bonds. The number of hydrogen-bond donors (Lipinski definition) is 0. The van der Waals surface area contributed by atoms with Crippen LogP contribution in [0.5, 0.6) is 0 Å². The van der Waals surface area contributed by atoms with Crippen LogP contribution in [0.25, 0.3) is 0 Å². The molecule has 0 aromatic rings. The Kier molecular flexibility index (Phi) is 6.22. The van der Waals surface area contributed by atoms with Crippen molar-refractivity contribution in [1.82, 2.24) is 0 Å². The smallest absolute Gasteiger partial charge is 0.333 e. The molecule has 0 spiro atoms. The van der Waals surface area contributed by atoms with E-state index in [9.17, 15) is 4.79 Å². The first-order valence-corrected chi connectivity index (χ1v) is 4.75. The van der Waals surface area contributed by atoms with Crippen molar-refractivity contribution in [2.24, 2.45) is 0 Å². The van der Waals surface area contributed by atoms with Gasteiger partial charge in [0.1, 0.15) is 0 Å². The van der Waals surface area contributed by atoms with Crippen LogP contribution < -0.4 is 0 Å². The third-order valence-corrected chi connectivity index (χ3v) is 1.52. The minimum atomic E-state index is -0.272. The zero-order valence-electron chi connectivity index (χ0n) is 6.73. The van der Waals surface area contributed by atoms with Crippen LogP contribution in [0.3, 0.4) is 0 Å². The summed E-state index contributed by atoms with van der Waals surface area (Å²) >= 11 is 3.22. The molecule has 0 rings (SSSR count). The number of halogens is 1. The monoisotopic (exact) mass is 220 g/mol. The Morgan fingerprint density at radius 2 is 2.27 bits per heavy atom. The molecule has 0 saturated heterocycles. The van der Waals surface area contributed by atoms with Crippen LogP contribution in [-0.2, 0) is 9.53 Å². The van der Waals surface area contributed by atoms with Gasteiger partial charge in [-0.1, -0.05) is 29.4 Å². The maximum atomic E-state index is 10.9. The second kappa shape index (κ2) is 6.40. The van der Waals surface area contributed by atoms with Crippen LogP contribution in [0.2, 0.25) is 0 Å². The topological polar surface area (TPSA) is 26.3 Å². The van der Waals surface area contributed by atoms with E-state index in [1.807, 2.05) is 6.92 Å². The minimum Gasteiger partial charge on any atom is -0.462 e. The molecule has 2 nitrogen and oxygen atoms in total. The fourth-order valence-corrected chi connectivity index (χ4v) is 0.992. The van der Waals surface area contributed by atoms with E-state index >= 15 is 0 Å². The molecule has 0 heterocycles. The molecule has 3 heteroatoms. The summed E-state index contributed by atoms with van der Waals surface area (Å²) in [6, 6.07) is 0.